The van der Waals surface area contributed by atoms with Crippen LogP contribution in [0.15, 0.2) is 40.8 Å². The number of fused-ring (bicyclic) bond motifs is 1. The second kappa shape index (κ2) is 6.63. The fraction of sp³-hybridized carbons (Fsp3) is 0.294. The highest BCUT2D eigenvalue weighted by Crippen LogP contribution is 2.16. The lowest BCUT2D eigenvalue weighted by Crippen LogP contribution is -2.46. The molecule has 1 saturated heterocycles. The van der Waals surface area contributed by atoms with E-state index < -0.39 is 0 Å². The molecule has 1 aliphatic heterocycles. The third-order valence-electron chi connectivity index (χ3n) is 4.34. The van der Waals surface area contributed by atoms with Crippen molar-refractivity contribution in [3.63, 3.8) is 0 Å². The standard InChI is InChI=1S/C17H16N6OS/c18-10-13-1-2-15(11-19-13)22-5-3-21(4-6-22)12-14-9-16(24)23-7-8-25-17(23)20-14/h1-2,7-9,11H,3-6,12H2. The predicted molar refractivity (Wildman–Crippen MR) is 95.8 cm³/mol. The maximum atomic E-state index is 12.1. The fourth-order valence-electron chi connectivity index (χ4n) is 3.00. The van der Waals surface area contributed by atoms with Gasteiger partial charge in [0.05, 0.1) is 17.6 Å². The van der Waals surface area contributed by atoms with E-state index in [0.717, 1.165) is 42.5 Å². The van der Waals surface area contributed by atoms with Crippen LogP contribution in [0.5, 0.6) is 0 Å². The number of pyridine rings is 1. The van der Waals surface area contributed by atoms with Gasteiger partial charge in [0.25, 0.3) is 5.56 Å². The molecule has 0 atom stereocenters. The molecule has 0 unspecified atom stereocenters. The SMILES string of the molecule is N#Cc1ccc(N2CCN(Cc3cc(=O)n4ccsc4n3)CC2)cn1. The van der Waals surface area contributed by atoms with E-state index in [9.17, 15) is 4.79 Å². The van der Waals surface area contributed by atoms with Crippen molar-refractivity contribution in [1.29, 1.82) is 5.26 Å². The second-order valence-corrected chi connectivity index (χ2v) is 6.79. The summed E-state index contributed by atoms with van der Waals surface area (Å²) in [7, 11) is 0. The van der Waals surface area contributed by atoms with Crippen LogP contribution in [0.4, 0.5) is 5.69 Å². The average Bonchev–Trinajstić information content (AvgIpc) is 3.12. The minimum Gasteiger partial charge on any atom is -0.368 e. The number of aromatic nitrogens is 3. The Hall–Kier alpha value is -2.76. The van der Waals surface area contributed by atoms with Gasteiger partial charge in [-0.05, 0) is 12.1 Å². The quantitative estimate of drug-likeness (QED) is 0.708. The summed E-state index contributed by atoms with van der Waals surface area (Å²) in [5, 5.41) is 10.7. The van der Waals surface area contributed by atoms with Gasteiger partial charge in [-0.1, -0.05) is 0 Å². The minimum absolute atomic E-state index is 0.0245. The highest BCUT2D eigenvalue weighted by Gasteiger charge is 2.18. The maximum absolute atomic E-state index is 12.1. The van der Waals surface area contributed by atoms with Crippen LogP contribution in [0.1, 0.15) is 11.4 Å². The molecule has 0 bridgehead atoms. The van der Waals surface area contributed by atoms with Crippen LogP contribution in [-0.4, -0.2) is 45.4 Å². The zero-order valence-corrected chi connectivity index (χ0v) is 14.3. The zero-order valence-electron chi connectivity index (χ0n) is 13.5. The van der Waals surface area contributed by atoms with E-state index in [2.05, 4.69) is 19.8 Å². The van der Waals surface area contributed by atoms with Crippen LogP contribution in [0, 0.1) is 11.3 Å². The number of nitrogens with zero attached hydrogens (tertiary/aromatic N) is 6. The summed E-state index contributed by atoms with van der Waals surface area (Å²) in [6.07, 6.45) is 3.50. The second-order valence-electron chi connectivity index (χ2n) is 5.92. The molecule has 1 aliphatic rings. The molecule has 1 fully saturated rings. The average molecular weight is 352 g/mol. The number of thiazole rings is 1. The number of piperazine rings is 1. The summed E-state index contributed by atoms with van der Waals surface area (Å²) >= 11 is 1.47. The molecule has 8 heteroatoms. The van der Waals surface area contributed by atoms with Crippen molar-refractivity contribution < 1.29 is 0 Å². The highest BCUT2D eigenvalue weighted by atomic mass is 32.1. The van der Waals surface area contributed by atoms with Gasteiger partial charge in [0.15, 0.2) is 4.96 Å². The first-order valence-electron chi connectivity index (χ1n) is 8.02. The lowest BCUT2D eigenvalue weighted by Gasteiger charge is -2.35. The maximum Gasteiger partial charge on any atom is 0.258 e. The van der Waals surface area contributed by atoms with Gasteiger partial charge >= 0.3 is 0 Å². The van der Waals surface area contributed by atoms with Crippen molar-refractivity contribution in [2.75, 3.05) is 31.1 Å². The summed E-state index contributed by atoms with van der Waals surface area (Å²) in [6, 6.07) is 7.34. The summed E-state index contributed by atoms with van der Waals surface area (Å²) in [6.45, 7) is 4.24. The van der Waals surface area contributed by atoms with Gasteiger partial charge in [0.2, 0.25) is 0 Å². The molecule has 7 nitrogen and oxygen atoms in total. The zero-order chi connectivity index (χ0) is 17.2. The number of rotatable bonds is 3. The molecule has 0 amide bonds. The number of hydrogen-bond acceptors (Lipinski definition) is 7. The van der Waals surface area contributed by atoms with Crippen molar-refractivity contribution in [2.24, 2.45) is 0 Å². The van der Waals surface area contributed by atoms with Crippen LogP contribution in [0.25, 0.3) is 4.96 Å². The lowest BCUT2D eigenvalue weighted by molar-refractivity contribution is 0.247. The van der Waals surface area contributed by atoms with Gasteiger partial charge in [-0.15, -0.1) is 11.3 Å². The molecule has 4 heterocycles. The molecule has 0 radical (unpaired) electrons. The van der Waals surface area contributed by atoms with Crippen molar-refractivity contribution in [2.45, 2.75) is 6.54 Å². The lowest BCUT2D eigenvalue weighted by atomic mass is 10.2. The minimum atomic E-state index is -0.0245. The molecular weight excluding hydrogens is 336 g/mol. The number of anilines is 1. The van der Waals surface area contributed by atoms with E-state index in [1.807, 2.05) is 17.5 Å². The highest BCUT2D eigenvalue weighted by molar-refractivity contribution is 7.15. The number of nitriles is 1. The molecule has 126 valence electrons. The van der Waals surface area contributed by atoms with Gasteiger partial charge in [0.1, 0.15) is 11.8 Å². The molecule has 0 saturated carbocycles. The molecule has 3 aromatic rings. The molecule has 0 N–H and O–H groups in total. The fourth-order valence-corrected chi connectivity index (χ4v) is 3.74. The molecule has 25 heavy (non-hydrogen) atoms. The van der Waals surface area contributed by atoms with Crippen molar-refractivity contribution >= 4 is 22.0 Å². The molecule has 3 aromatic heterocycles. The summed E-state index contributed by atoms with van der Waals surface area (Å²) in [4.78, 5) is 26.1. The van der Waals surface area contributed by atoms with E-state index in [-0.39, 0.29) is 5.56 Å². The first-order valence-corrected chi connectivity index (χ1v) is 8.90. The molecule has 0 aromatic carbocycles. The molecular formula is C17H16N6OS. The van der Waals surface area contributed by atoms with E-state index in [0.29, 0.717) is 12.2 Å². The van der Waals surface area contributed by atoms with Crippen LogP contribution in [0.3, 0.4) is 0 Å². The largest absolute Gasteiger partial charge is 0.368 e. The Kier molecular flexibility index (Phi) is 4.17. The van der Waals surface area contributed by atoms with Crippen LogP contribution in [0.2, 0.25) is 0 Å². The first kappa shape index (κ1) is 15.7. The Bertz CT molecular complexity index is 979. The normalized spacial score (nSPS) is 15.4. The molecule has 0 spiro atoms. The van der Waals surface area contributed by atoms with Gasteiger partial charge in [-0.2, -0.15) is 5.26 Å². The van der Waals surface area contributed by atoms with E-state index in [1.165, 1.54) is 11.3 Å². The van der Waals surface area contributed by atoms with Crippen LogP contribution >= 0.6 is 11.3 Å². The van der Waals surface area contributed by atoms with E-state index in [1.54, 1.807) is 28.9 Å². The smallest absolute Gasteiger partial charge is 0.258 e. The van der Waals surface area contributed by atoms with Gasteiger partial charge in [-0.3, -0.25) is 14.1 Å². The Balaban J connectivity index is 1.41. The van der Waals surface area contributed by atoms with Crippen LogP contribution < -0.4 is 10.5 Å². The van der Waals surface area contributed by atoms with Crippen molar-refractivity contribution in [3.8, 4) is 6.07 Å². The Morgan fingerprint density at radius 3 is 2.80 bits per heavy atom. The first-order chi connectivity index (χ1) is 12.2. The molecule has 0 aliphatic carbocycles. The van der Waals surface area contributed by atoms with Gasteiger partial charge < -0.3 is 4.90 Å². The molecule has 4 rings (SSSR count). The summed E-state index contributed by atoms with van der Waals surface area (Å²) in [5.74, 6) is 0. The Morgan fingerprint density at radius 2 is 2.08 bits per heavy atom. The van der Waals surface area contributed by atoms with Crippen molar-refractivity contribution in [3.05, 3.63) is 57.7 Å². The summed E-state index contributed by atoms with van der Waals surface area (Å²) < 4.78 is 1.57. The Labute approximate surface area is 148 Å². The van der Waals surface area contributed by atoms with Gasteiger partial charge in [-0.25, -0.2) is 9.97 Å². The van der Waals surface area contributed by atoms with Crippen LogP contribution in [-0.2, 0) is 6.54 Å². The van der Waals surface area contributed by atoms with Crippen molar-refractivity contribution in [1.82, 2.24) is 19.3 Å². The monoisotopic (exact) mass is 352 g/mol. The predicted octanol–water partition coefficient (Wildman–Crippen LogP) is 1.34. The van der Waals surface area contributed by atoms with E-state index in [4.69, 9.17) is 5.26 Å². The van der Waals surface area contributed by atoms with Gasteiger partial charge in [0, 0.05) is 50.4 Å². The Morgan fingerprint density at radius 1 is 1.24 bits per heavy atom. The topological polar surface area (TPSA) is 77.5 Å². The third kappa shape index (κ3) is 3.24. The van der Waals surface area contributed by atoms with E-state index >= 15 is 0 Å². The number of hydrogen-bond donors (Lipinski definition) is 0. The summed E-state index contributed by atoms with van der Waals surface area (Å²) in [5.41, 5.74) is 2.27. The third-order valence-corrected chi connectivity index (χ3v) is 5.10.